The number of methoxy groups -OCH3 is 1. The molecule has 98 valence electrons. The highest BCUT2D eigenvalue weighted by atomic mass is 35.5. The third kappa shape index (κ3) is 2.25. The zero-order valence-electron chi connectivity index (χ0n) is 10.5. The van der Waals surface area contributed by atoms with Crippen LogP contribution in [-0.2, 0) is 15.1 Å². The Balaban J connectivity index is 2.37. The first-order valence-corrected chi connectivity index (χ1v) is 6.44. The summed E-state index contributed by atoms with van der Waals surface area (Å²) in [4.78, 5) is 11.7. The van der Waals surface area contributed by atoms with Crippen LogP contribution in [-0.4, -0.2) is 18.2 Å². The van der Waals surface area contributed by atoms with Gasteiger partial charge >= 0.3 is 5.97 Å². The number of ether oxygens (including phenoxy) is 1. The summed E-state index contributed by atoms with van der Waals surface area (Å²) in [7, 11) is 1.34. The average Bonchev–Trinajstić information content (AvgIpc) is 3.21. The molecule has 18 heavy (non-hydrogen) atoms. The van der Waals surface area contributed by atoms with Crippen LogP contribution >= 0.6 is 11.6 Å². The Morgan fingerprint density at radius 2 is 2.00 bits per heavy atom. The number of hydrogen-bond acceptors (Lipinski definition) is 3. The highest BCUT2D eigenvalue weighted by Gasteiger charge is 2.51. The molecular formula is C14H17ClO3. The smallest absolute Gasteiger partial charge is 0.311 e. The lowest BCUT2D eigenvalue weighted by Crippen LogP contribution is -2.40. The second kappa shape index (κ2) is 4.90. The van der Waals surface area contributed by atoms with E-state index in [2.05, 4.69) is 0 Å². The van der Waals surface area contributed by atoms with Gasteiger partial charge in [0.1, 0.15) is 5.60 Å². The van der Waals surface area contributed by atoms with E-state index < -0.39 is 11.5 Å². The van der Waals surface area contributed by atoms with Crippen molar-refractivity contribution in [3.8, 4) is 0 Å². The first-order valence-electron chi connectivity index (χ1n) is 6.06. The lowest BCUT2D eigenvalue weighted by molar-refractivity contribution is -0.157. The van der Waals surface area contributed by atoms with Gasteiger partial charge in [-0.1, -0.05) is 23.7 Å². The molecule has 0 heterocycles. The van der Waals surface area contributed by atoms with E-state index in [1.165, 1.54) is 7.11 Å². The first kappa shape index (κ1) is 13.4. The van der Waals surface area contributed by atoms with Gasteiger partial charge in [-0.25, -0.2) is 0 Å². The van der Waals surface area contributed by atoms with Gasteiger partial charge in [-0.15, -0.1) is 0 Å². The number of halogens is 1. The molecule has 2 rings (SSSR count). The molecule has 1 saturated carbocycles. The molecule has 0 bridgehead atoms. The van der Waals surface area contributed by atoms with Gasteiger partial charge in [0.05, 0.1) is 13.0 Å². The van der Waals surface area contributed by atoms with Crippen molar-refractivity contribution in [2.24, 2.45) is 11.8 Å². The summed E-state index contributed by atoms with van der Waals surface area (Å²) in [5, 5.41) is 11.6. The van der Waals surface area contributed by atoms with Gasteiger partial charge in [-0.3, -0.25) is 4.79 Å². The minimum atomic E-state index is -1.16. The Hall–Kier alpha value is -1.06. The summed E-state index contributed by atoms with van der Waals surface area (Å²) in [6.45, 7) is 1.71. The second-order valence-corrected chi connectivity index (χ2v) is 5.29. The summed E-state index contributed by atoms with van der Waals surface area (Å²) in [5.74, 6) is -0.858. The second-order valence-electron chi connectivity index (χ2n) is 4.85. The summed E-state index contributed by atoms with van der Waals surface area (Å²) < 4.78 is 4.76. The third-order valence-corrected chi connectivity index (χ3v) is 3.97. The van der Waals surface area contributed by atoms with Crippen molar-refractivity contribution < 1.29 is 14.6 Å². The molecule has 0 radical (unpaired) electrons. The van der Waals surface area contributed by atoms with E-state index >= 15 is 0 Å². The van der Waals surface area contributed by atoms with E-state index in [9.17, 15) is 9.90 Å². The van der Waals surface area contributed by atoms with E-state index in [1.54, 1.807) is 31.2 Å². The van der Waals surface area contributed by atoms with Gasteiger partial charge in [0.2, 0.25) is 0 Å². The topological polar surface area (TPSA) is 46.5 Å². The number of rotatable bonds is 4. The highest BCUT2D eigenvalue weighted by molar-refractivity contribution is 6.30. The molecule has 1 fully saturated rings. The summed E-state index contributed by atoms with van der Waals surface area (Å²) >= 11 is 5.85. The molecule has 2 atom stereocenters. The molecule has 1 aliphatic carbocycles. The van der Waals surface area contributed by atoms with E-state index in [-0.39, 0.29) is 11.9 Å². The van der Waals surface area contributed by atoms with E-state index in [4.69, 9.17) is 16.3 Å². The van der Waals surface area contributed by atoms with Crippen molar-refractivity contribution >= 4 is 17.6 Å². The molecule has 0 amide bonds. The van der Waals surface area contributed by atoms with Crippen LogP contribution in [0, 0.1) is 11.8 Å². The van der Waals surface area contributed by atoms with Crippen LogP contribution in [0.2, 0.25) is 5.02 Å². The normalized spacial score (nSPS) is 20.0. The van der Waals surface area contributed by atoms with Crippen molar-refractivity contribution in [2.75, 3.05) is 7.11 Å². The van der Waals surface area contributed by atoms with Crippen LogP contribution in [0.15, 0.2) is 24.3 Å². The molecule has 1 N–H and O–H groups in total. The Kier molecular flexibility index (Phi) is 3.64. The van der Waals surface area contributed by atoms with Crippen molar-refractivity contribution in [3.05, 3.63) is 34.9 Å². The largest absolute Gasteiger partial charge is 0.469 e. The maximum Gasteiger partial charge on any atom is 0.311 e. The predicted octanol–water partition coefficient (Wildman–Crippen LogP) is 2.75. The molecule has 4 heteroatoms. The van der Waals surface area contributed by atoms with Gasteiger partial charge in [-0.2, -0.15) is 0 Å². The minimum Gasteiger partial charge on any atom is -0.469 e. The van der Waals surface area contributed by atoms with Crippen LogP contribution in [0.1, 0.15) is 25.3 Å². The van der Waals surface area contributed by atoms with Crippen molar-refractivity contribution in [1.29, 1.82) is 0 Å². The zero-order chi connectivity index (χ0) is 13.3. The molecule has 0 saturated heterocycles. The standard InChI is InChI=1S/C14H17ClO3/c1-9(13(16)18-2)14(17,10-3-4-10)11-5-7-12(15)8-6-11/h5-10,17H,3-4H2,1-2H3. The third-order valence-electron chi connectivity index (χ3n) is 3.72. The first-order chi connectivity index (χ1) is 8.50. The number of carbonyl (C=O) groups is 1. The SMILES string of the molecule is COC(=O)C(C)C(O)(c1ccc(Cl)cc1)C1CC1. The zero-order valence-corrected chi connectivity index (χ0v) is 11.3. The lowest BCUT2D eigenvalue weighted by atomic mass is 9.78. The minimum absolute atomic E-state index is 0.118. The van der Waals surface area contributed by atoms with E-state index in [0.717, 1.165) is 18.4 Å². The van der Waals surface area contributed by atoms with Gasteiger partial charge in [0.25, 0.3) is 0 Å². The summed E-state index contributed by atoms with van der Waals surface area (Å²) in [5.41, 5.74) is -0.426. The fourth-order valence-electron chi connectivity index (χ4n) is 2.44. The fourth-order valence-corrected chi connectivity index (χ4v) is 2.56. The average molecular weight is 269 g/mol. The molecule has 1 aromatic carbocycles. The monoisotopic (exact) mass is 268 g/mol. The molecule has 3 nitrogen and oxygen atoms in total. The molecule has 1 aliphatic rings. The van der Waals surface area contributed by atoms with Gasteiger partial charge in [0.15, 0.2) is 0 Å². The summed E-state index contributed by atoms with van der Waals surface area (Å²) in [6, 6.07) is 7.02. The van der Waals surface area contributed by atoms with Gasteiger partial charge in [0, 0.05) is 5.02 Å². The lowest BCUT2D eigenvalue weighted by Gasteiger charge is -2.33. The van der Waals surface area contributed by atoms with Crippen LogP contribution in [0.4, 0.5) is 0 Å². The summed E-state index contributed by atoms with van der Waals surface area (Å²) in [6.07, 6.45) is 1.86. The van der Waals surface area contributed by atoms with Crippen LogP contribution < -0.4 is 0 Å². The Labute approximate surface area is 112 Å². The van der Waals surface area contributed by atoms with Gasteiger partial charge in [-0.05, 0) is 43.4 Å². The van der Waals surface area contributed by atoms with E-state index in [0.29, 0.717) is 5.02 Å². The number of hydrogen-bond donors (Lipinski definition) is 1. The van der Waals surface area contributed by atoms with Crippen molar-refractivity contribution in [1.82, 2.24) is 0 Å². The maximum absolute atomic E-state index is 11.7. The number of esters is 1. The predicted molar refractivity (Wildman–Crippen MR) is 69.3 cm³/mol. The molecule has 2 unspecified atom stereocenters. The molecule has 0 aromatic heterocycles. The Morgan fingerprint density at radius 3 is 2.44 bits per heavy atom. The Bertz CT molecular complexity index is 439. The van der Waals surface area contributed by atoms with Crippen molar-refractivity contribution in [3.63, 3.8) is 0 Å². The fraction of sp³-hybridized carbons (Fsp3) is 0.500. The van der Waals surface area contributed by atoms with Gasteiger partial charge < -0.3 is 9.84 Å². The number of carbonyl (C=O) groups excluding carboxylic acids is 1. The van der Waals surface area contributed by atoms with Crippen LogP contribution in [0.3, 0.4) is 0 Å². The molecule has 0 aliphatic heterocycles. The quantitative estimate of drug-likeness (QED) is 0.854. The molecule has 0 spiro atoms. The number of benzene rings is 1. The van der Waals surface area contributed by atoms with E-state index in [1.807, 2.05) is 0 Å². The highest BCUT2D eigenvalue weighted by Crippen LogP contribution is 2.50. The van der Waals surface area contributed by atoms with Crippen LogP contribution in [0.5, 0.6) is 0 Å². The molecule has 1 aromatic rings. The maximum atomic E-state index is 11.7. The van der Waals surface area contributed by atoms with Crippen LogP contribution in [0.25, 0.3) is 0 Å². The van der Waals surface area contributed by atoms with Crippen molar-refractivity contribution in [2.45, 2.75) is 25.4 Å². The number of aliphatic hydroxyl groups is 1. The molecular weight excluding hydrogens is 252 g/mol. The Morgan fingerprint density at radius 1 is 1.44 bits per heavy atom.